The zero-order valence-corrected chi connectivity index (χ0v) is 79.5. The van der Waals surface area contributed by atoms with E-state index in [2.05, 4.69) is 275 Å². The van der Waals surface area contributed by atoms with Crippen LogP contribution in [0.1, 0.15) is 92.0 Å². The van der Waals surface area contributed by atoms with Gasteiger partial charge in [-0.3, -0.25) is 9.59 Å². The lowest BCUT2D eigenvalue weighted by Gasteiger charge is -2.09. The molecule has 12 aromatic heterocycles. The Bertz CT molecular complexity index is 6190. The molecule has 0 aliphatic carbocycles. The Balaban J connectivity index is 0.00000220. The molecule has 0 fully saturated rings. The van der Waals surface area contributed by atoms with E-state index in [9.17, 15) is 9.59 Å². The van der Waals surface area contributed by atoms with Gasteiger partial charge in [0, 0.05) is 186 Å². The number of aromatic nitrogens is 14. The molecule has 2 aromatic carbocycles. The summed E-state index contributed by atoms with van der Waals surface area (Å²) < 4.78 is 12.2. The maximum Gasteiger partial charge on any atom is 0.251 e. The van der Waals surface area contributed by atoms with Crippen LogP contribution in [0.4, 0.5) is 0 Å². The predicted octanol–water partition coefficient (Wildman–Crippen LogP) is -2.35. The second-order valence-corrected chi connectivity index (χ2v) is 29.6. The number of hydrogen-bond acceptors (Lipinski definition) is 6. The Morgan fingerprint density at radius 3 is 0.558 bits per heavy atom. The number of carbonyl (C=O) groups excluding carboxylic acids is 2. The Hall–Kier alpha value is -10.1. The molecular weight excluding hydrogens is 2170 g/mol. The van der Waals surface area contributed by atoms with Gasteiger partial charge in [-0.2, -0.15) is 0 Å². The fourth-order valence-corrected chi connectivity index (χ4v) is 15.6. The maximum absolute atomic E-state index is 13.9. The molecule has 0 spiro atoms. The highest BCUT2D eigenvalue weighted by Gasteiger charge is 2.25. The van der Waals surface area contributed by atoms with Gasteiger partial charge in [0.15, 0.2) is 74.4 Å². The number of benzene rings is 2. The third-order valence-electron chi connectivity index (χ3n) is 21.7. The van der Waals surface area contributed by atoms with Gasteiger partial charge in [-0.05, 0) is 179 Å². The zero-order valence-electron chi connectivity index (χ0n) is 66.5. The van der Waals surface area contributed by atoms with E-state index in [0.717, 1.165) is 204 Å². The van der Waals surface area contributed by atoms with Crippen LogP contribution in [0.3, 0.4) is 0 Å². The topological polar surface area (TPSA) is 196 Å². The summed E-state index contributed by atoms with van der Waals surface area (Å²) in [6.45, 7) is 1.03. The molecule has 602 valence electrons. The van der Waals surface area contributed by atoms with Gasteiger partial charge in [-0.1, -0.05) is 37.1 Å². The second-order valence-electron chi connectivity index (χ2n) is 29.6. The average Bonchev–Trinajstić information content (AvgIpc) is 1.61. The summed E-state index contributed by atoms with van der Waals surface area (Å²) in [7, 11) is 12.1. The summed E-state index contributed by atoms with van der Waals surface area (Å²) in [5, 5.41) is 6.35. The Morgan fingerprint density at radius 2 is 0.392 bits per heavy atom. The zero-order chi connectivity index (χ0) is 77.5. The van der Waals surface area contributed by atoms with E-state index in [0.29, 0.717) is 24.2 Å². The van der Waals surface area contributed by atoms with Crippen LogP contribution in [0, 0.1) is 0 Å². The van der Waals surface area contributed by atoms with Crippen molar-refractivity contribution in [1.82, 2.24) is 50.5 Å². The van der Waals surface area contributed by atoms with Gasteiger partial charge in [0.1, 0.15) is 42.3 Å². The van der Waals surface area contributed by atoms with E-state index >= 15 is 0 Å². The van der Waals surface area contributed by atoms with Crippen LogP contribution >= 0.6 is 0 Å². The lowest BCUT2D eigenvalue weighted by Crippen LogP contribution is -3.00. The molecule has 0 saturated heterocycles. The highest BCUT2D eigenvalue weighted by atomic mass is 127. The van der Waals surface area contributed by atoms with Crippen molar-refractivity contribution in [1.29, 1.82) is 0 Å². The molecule has 16 heterocycles. The molecule has 24 heteroatoms. The first kappa shape index (κ1) is 89.1. The number of H-pyrrole nitrogens is 4. The highest BCUT2D eigenvalue weighted by molar-refractivity contribution is 6.04. The van der Waals surface area contributed by atoms with Crippen LogP contribution < -0.4 is 182 Å². The third-order valence-corrected chi connectivity index (χ3v) is 21.7. The number of pyridine rings is 6. The SMILES string of the molecule is C[n+]1ccc(-c2c3nc(c(-c4cc[n+](C)cc4)c4ccc([nH]4)c(-c4cc[n+](C)cc4)c4nc(c(-c5ccc(C(=O)NCCCCCCNC(=O)c6ccc(-c7c8nc(c(-c9cc[n+](C)cc9)c9ccc([nH]9)c(-c9cc[n+](C)cc9)c9nc(c(-c%10cc[n+](C)cc%10)c%10ccc7[nH]%10)C=C9)C=C8)cc6)cc5)c5ccc2[nH]5)C=C4)C=C3)cc1.[I-].[I-].[I-].[I-].[I-].[I-]. The molecule has 0 radical (unpaired) electrons. The fourth-order valence-electron chi connectivity index (χ4n) is 15.6. The van der Waals surface area contributed by atoms with Crippen LogP contribution in [0.15, 0.2) is 244 Å². The minimum atomic E-state index is -0.145. The van der Waals surface area contributed by atoms with Crippen LogP contribution in [0.2, 0.25) is 0 Å². The van der Waals surface area contributed by atoms with Crippen LogP contribution in [0.25, 0.3) is 182 Å². The lowest BCUT2D eigenvalue weighted by molar-refractivity contribution is -0.671. The molecule has 4 aliphatic rings. The molecule has 0 atom stereocenters. The number of rotatable bonds is 17. The smallest absolute Gasteiger partial charge is 0.251 e. The van der Waals surface area contributed by atoms with Crippen molar-refractivity contribution in [2.75, 3.05) is 13.1 Å². The van der Waals surface area contributed by atoms with E-state index in [-0.39, 0.29) is 156 Å². The van der Waals surface area contributed by atoms with Crippen LogP contribution in [-0.4, -0.2) is 64.8 Å². The van der Waals surface area contributed by atoms with Gasteiger partial charge in [-0.15, -0.1) is 0 Å². The molecule has 0 unspecified atom stereocenters. The molecule has 18 rings (SSSR count). The van der Waals surface area contributed by atoms with Crippen molar-refractivity contribution in [2.24, 2.45) is 42.3 Å². The third kappa shape index (κ3) is 18.7. The van der Waals surface area contributed by atoms with E-state index in [1.807, 2.05) is 118 Å². The normalized spacial score (nSPS) is 11.5. The molecular formula is C96H84I6N16O2. The summed E-state index contributed by atoms with van der Waals surface area (Å²) in [5.74, 6) is -0.289. The Morgan fingerprint density at radius 1 is 0.233 bits per heavy atom. The van der Waals surface area contributed by atoms with Crippen molar-refractivity contribution in [3.8, 4) is 89.0 Å². The van der Waals surface area contributed by atoms with Gasteiger partial charge < -0.3 is 174 Å². The van der Waals surface area contributed by atoms with Gasteiger partial charge in [0.2, 0.25) is 0 Å². The van der Waals surface area contributed by atoms with Crippen molar-refractivity contribution >= 4 is 105 Å². The standard InChI is InChI=1S/C96H80N16O2.6HI/c1-107-49-35-63(36-50-107)89-75-23-19-71(99-75)87(72-20-24-76(100-72)90(64-37-51-108(2)52-38-64)80-28-32-84(104-80)93(83-31-27-79(89)103-83)67-43-57-111(5)58-44-67)61-11-15-69(16-12-61)95(113)97-47-9-7-8-10-48-98-96(114)70-17-13-62(14-18-70)88-73-21-25-77(101-73)91(65-39-53-109(3)54-40-65)81-29-33-85(105-81)94(68-45-59-112(6)60-46-68)86-34-30-82(106-86)92(78-26-22-74(88)102-78)66-41-55-110(4)56-42-66;;;;;;/h11-46,49-60H,7-10,47-48H2,1-6H3,(H2-2,97,98,99,100,101,102,103,104,105,106,113,114);6*1H/q+2;;;;;;/p-2. The number of nitrogens with one attached hydrogen (secondary N) is 6. The summed E-state index contributed by atoms with van der Waals surface area (Å²) in [4.78, 5) is 65.2. The predicted molar refractivity (Wildman–Crippen MR) is 451 cm³/mol. The number of nitrogens with zero attached hydrogens (tertiary/aromatic N) is 10. The minimum absolute atomic E-state index is 0. The average molecular weight is 2260 g/mol. The highest BCUT2D eigenvalue weighted by Crippen LogP contribution is 2.42. The lowest BCUT2D eigenvalue weighted by atomic mass is 10.0. The number of hydrogen-bond donors (Lipinski definition) is 6. The molecule has 120 heavy (non-hydrogen) atoms. The number of amides is 2. The van der Waals surface area contributed by atoms with Gasteiger partial charge in [0.25, 0.3) is 11.8 Å². The summed E-state index contributed by atoms with van der Waals surface area (Å²) >= 11 is 0. The minimum Gasteiger partial charge on any atom is -1.00 e. The molecule has 0 saturated carbocycles. The Labute approximate surface area is 798 Å². The second kappa shape index (κ2) is 39.1. The van der Waals surface area contributed by atoms with Crippen molar-refractivity contribution in [3.05, 3.63) is 301 Å². The molecule has 18 nitrogen and oxygen atoms in total. The van der Waals surface area contributed by atoms with Crippen molar-refractivity contribution < 1.29 is 181 Å². The molecule has 16 bridgehead atoms. The van der Waals surface area contributed by atoms with Crippen molar-refractivity contribution in [3.63, 3.8) is 0 Å². The molecule has 4 aliphatic heterocycles. The number of aryl methyl sites for hydroxylation is 6. The quantitative estimate of drug-likeness (QED) is 0.0336. The van der Waals surface area contributed by atoms with E-state index < -0.39 is 0 Å². The van der Waals surface area contributed by atoms with Gasteiger partial charge >= 0.3 is 0 Å². The maximum atomic E-state index is 13.9. The van der Waals surface area contributed by atoms with E-state index in [1.54, 1.807) is 0 Å². The summed E-state index contributed by atoms with van der Waals surface area (Å²) in [6.07, 6.45) is 44.9. The number of aromatic amines is 4. The Kier molecular flexibility index (Phi) is 29.1. The first-order valence-corrected chi connectivity index (χ1v) is 38.6. The molecule has 14 aromatic rings. The fraction of sp³-hybridized carbons (Fsp3) is 0.125. The largest absolute Gasteiger partial charge is 1.00 e. The monoisotopic (exact) mass is 2250 g/mol. The number of unbranched alkanes of at least 4 members (excludes halogenated alkanes) is 3. The van der Waals surface area contributed by atoms with E-state index in [4.69, 9.17) is 19.9 Å². The number of halogens is 6. The molecule has 2 amide bonds. The summed E-state index contributed by atoms with van der Waals surface area (Å²) in [5.41, 5.74) is 30.3. The van der Waals surface area contributed by atoms with Crippen LogP contribution in [0.5, 0.6) is 0 Å². The van der Waals surface area contributed by atoms with Crippen LogP contribution in [-0.2, 0) is 42.3 Å². The summed E-state index contributed by atoms with van der Waals surface area (Å²) in [6, 6.07) is 58.2. The number of carbonyl (C=O) groups is 2. The van der Waals surface area contributed by atoms with E-state index in [1.165, 1.54) is 0 Å². The number of fused-ring (bicyclic) bond motifs is 16. The first-order chi connectivity index (χ1) is 55.7. The van der Waals surface area contributed by atoms with Crippen molar-refractivity contribution in [2.45, 2.75) is 25.7 Å². The molecule has 6 N–H and O–H groups in total. The van der Waals surface area contributed by atoms with Gasteiger partial charge in [-0.25, -0.2) is 47.3 Å². The van der Waals surface area contributed by atoms with Gasteiger partial charge in [0.05, 0.1) is 45.6 Å². The first-order valence-electron chi connectivity index (χ1n) is 38.6.